The fourth-order valence-corrected chi connectivity index (χ4v) is 1.69. The van der Waals surface area contributed by atoms with E-state index in [1.807, 2.05) is 0 Å². The van der Waals surface area contributed by atoms with E-state index in [4.69, 9.17) is 9.84 Å². The lowest BCUT2D eigenvalue weighted by atomic mass is 10.2. The summed E-state index contributed by atoms with van der Waals surface area (Å²) in [5.74, 6) is 0.141. The molecule has 17 heavy (non-hydrogen) atoms. The van der Waals surface area contributed by atoms with E-state index in [9.17, 15) is 4.39 Å². The minimum Gasteiger partial charge on any atom is -0.493 e. The van der Waals surface area contributed by atoms with Crippen LogP contribution >= 0.6 is 0 Å². The molecule has 0 aromatic heterocycles. The van der Waals surface area contributed by atoms with Crippen LogP contribution in [0.3, 0.4) is 0 Å². The highest BCUT2D eigenvalue weighted by Crippen LogP contribution is 2.17. The summed E-state index contributed by atoms with van der Waals surface area (Å²) in [5, 5.41) is 8.93. The molecule has 1 aromatic carbocycles. The Morgan fingerprint density at radius 3 is 2.59 bits per heavy atom. The van der Waals surface area contributed by atoms with Crippen molar-refractivity contribution in [3.63, 3.8) is 0 Å². The maximum absolute atomic E-state index is 13.1. The van der Waals surface area contributed by atoms with Crippen molar-refractivity contribution in [1.29, 1.82) is 0 Å². The molecule has 0 spiro atoms. The molecular formula is C14H21FO2. The van der Waals surface area contributed by atoms with Crippen molar-refractivity contribution >= 4 is 0 Å². The van der Waals surface area contributed by atoms with Gasteiger partial charge in [-0.05, 0) is 24.1 Å². The van der Waals surface area contributed by atoms with Crippen LogP contribution in [0.5, 0.6) is 5.75 Å². The Kier molecular flexibility index (Phi) is 6.63. The average molecular weight is 240 g/mol. The predicted molar refractivity (Wildman–Crippen MR) is 66.6 cm³/mol. The fourth-order valence-electron chi connectivity index (χ4n) is 1.69. The highest BCUT2D eigenvalue weighted by molar-refractivity contribution is 5.29. The molecule has 0 aliphatic rings. The van der Waals surface area contributed by atoms with Crippen LogP contribution in [-0.2, 0) is 6.61 Å². The molecule has 0 aliphatic heterocycles. The van der Waals surface area contributed by atoms with Crippen LogP contribution in [0.1, 0.15) is 44.6 Å². The Morgan fingerprint density at radius 1 is 1.12 bits per heavy atom. The van der Waals surface area contributed by atoms with Gasteiger partial charge in [-0.2, -0.15) is 0 Å². The summed E-state index contributed by atoms with van der Waals surface area (Å²) in [6.45, 7) is 2.63. The number of halogens is 1. The highest BCUT2D eigenvalue weighted by Gasteiger charge is 2.01. The topological polar surface area (TPSA) is 29.5 Å². The molecule has 0 atom stereocenters. The second kappa shape index (κ2) is 8.07. The molecule has 1 rings (SSSR count). The lowest BCUT2D eigenvalue weighted by Gasteiger charge is -2.07. The van der Waals surface area contributed by atoms with Gasteiger partial charge in [-0.3, -0.25) is 0 Å². The Balaban J connectivity index is 2.28. The van der Waals surface area contributed by atoms with E-state index < -0.39 is 0 Å². The Labute approximate surface area is 102 Å². The smallest absolute Gasteiger partial charge is 0.127 e. The molecule has 0 saturated heterocycles. The second-order valence-corrected chi connectivity index (χ2v) is 4.22. The van der Waals surface area contributed by atoms with Crippen molar-refractivity contribution in [3.8, 4) is 5.75 Å². The number of ether oxygens (including phenoxy) is 1. The number of aliphatic hydroxyl groups is 1. The number of unbranched alkanes of at least 4 members (excludes halogenated alkanes) is 4. The first kappa shape index (κ1) is 14.0. The quantitative estimate of drug-likeness (QED) is 0.702. The molecule has 0 fully saturated rings. The maximum atomic E-state index is 13.1. The summed E-state index contributed by atoms with van der Waals surface area (Å²) in [5.41, 5.74) is 0.547. The first-order valence-electron chi connectivity index (χ1n) is 6.29. The summed E-state index contributed by atoms with van der Waals surface area (Å²) >= 11 is 0. The molecule has 0 heterocycles. The lowest BCUT2D eigenvalue weighted by molar-refractivity contribution is 0.276. The van der Waals surface area contributed by atoms with Gasteiger partial charge in [-0.15, -0.1) is 0 Å². The minimum atomic E-state index is -0.363. The number of aliphatic hydroxyl groups excluding tert-OH is 1. The van der Waals surface area contributed by atoms with Gasteiger partial charge in [0.1, 0.15) is 11.6 Å². The average Bonchev–Trinajstić information content (AvgIpc) is 2.33. The fraction of sp³-hybridized carbons (Fsp3) is 0.571. The van der Waals surface area contributed by atoms with Crippen LogP contribution in [0.15, 0.2) is 18.2 Å². The van der Waals surface area contributed by atoms with Crippen molar-refractivity contribution < 1.29 is 14.2 Å². The van der Waals surface area contributed by atoms with Crippen molar-refractivity contribution in [2.75, 3.05) is 6.61 Å². The minimum absolute atomic E-state index is 0.162. The number of hydrogen-bond donors (Lipinski definition) is 1. The first-order chi connectivity index (χ1) is 8.26. The monoisotopic (exact) mass is 240 g/mol. The number of rotatable bonds is 8. The third kappa shape index (κ3) is 5.68. The molecule has 0 aliphatic carbocycles. The third-order valence-electron chi connectivity index (χ3n) is 2.63. The van der Waals surface area contributed by atoms with E-state index in [1.54, 1.807) is 6.07 Å². The summed E-state index contributed by atoms with van der Waals surface area (Å²) in [6, 6.07) is 4.34. The van der Waals surface area contributed by atoms with E-state index in [-0.39, 0.29) is 12.4 Å². The predicted octanol–water partition coefficient (Wildman–Crippen LogP) is 3.67. The molecule has 96 valence electrons. The van der Waals surface area contributed by atoms with E-state index in [0.717, 1.165) is 12.8 Å². The molecule has 2 nitrogen and oxygen atoms in total. The van der Waals surface area contributed by atoms with Gasteiger partial charge in [0.05, 0.1) is 13.2 Å². The summed E-state index contributed by atoms with van der Waals surface area (Å²) < 4.78 is 18.6. The zero-order chi connectivity index (χ0) is 12.5. The summed E-state index contributed by atoms with van der Waals surface area (Å²) in [6.07, 6.45) is 5.85. The molecule has 0 amide bonds. The molecule has 0 unspecified atom stereocenters. The molecule has 0 radical (unpaired) electrons. The maximum Gasteiger partial charge on any atom is 0.127 e. The lowest BCUT2D eigenvalue weighted by Crippen LogP contribution is -1.98. The standard InChI is InChI=1S/C14H21FO2/c1-2-3-4-5-6-7-17-14-9-12(11-16)8-13(15)10-14/h8-10,16H,2-7,11H2,1H3. The van der Waals surface area contributed by atoms with E-state index in [1.165, 1.54) is 31.4 Å². The first-order valence-corrected chi connectivity index (χ1v) is 6.29. The second-order valence-electron chi connectivity index (χ2n) is 4.22. The molecule has 3 heteroatoms. The molecule has 0 bridgehead atoms. The van der Waals surface area contributed by atoms with Crippen LogP contribution in [0.2, 0.25) is 0 Å². The van der Waals surface area contributed by atoms with Crippen molar-refractivity contribution in [2.45, 2.75) is 45.6 Å². The van der Waals surface area contributed by atoms with Gasteiger partial charge < -0.3 is 9.84 Å². The van der Waals surface area contributed by atoms with Gasteiger partial charge in [-0.1, -0.05) is 32.6 Å². The number of benzene rings is 1. The number of hydrogen-bond acceptors (Lipinski definition) is 2. The summed E-state index contributed by atoms with van der Waals surface area (Å²) in [4.78, 5) is 0. The van der Waals surface area contributed by atoms with Gasteiger partial charge in [0, 0.05) is 6.07 Å². The largest absolute Gasteiger partial charge is 0.493 e. The SMILES string of the molecule is CCCCCCCOc1cc(F)cc(CO)c1. The zero-order valence-electron chi connectivity index (χ0n) is 10.4. The molecule has 0 saturated carbocycles. The van der Waals surface area contributed by atoms with Crippen LogP contribution in [0, 0.1) is 5.82 Å². The van der Waals surface area contributed by atoms with E-state index in [0.29, 0.717) is 17.9 Å². The molecule has 1 aromatic rings. The van der Waals surface area contributed by atoms with Crippen molar-refractivity contribution in [3.05, 3.63) is 29.6 Å². The van der Waals surface area contributed by atoms with Gasteiger partial charge in [0.15, 0.2) is 0 Å². The van der Waals surface area contributed by atoms with Gasteiger partial charge in [0.2, 0.25) is 0 Å². The normalized spacial score (nSPS) is 10.5. The van der Waals surface area contributed by atoms with Gasteiger partial charge in [-0.25, -0.2) is 4.39 Å². The molecule has 1 N–H and O–H groups in total. The van der Waals surface area contributed by atoms with Crippen LogP contribution in [0.25, 0.3) is 0 Å². The Morgan fingerprint density at radius 2 is 1.88 bits per heavy atom. The highest BCUT2D eigenvalue weighted by atomic mass is 19.1. The Hall–Kier alpha value is -1.09. The van der Waals surface area contributed by atoms with Crippen LogP contribution < -0.4 is 4.74 Å². The third-order valence-corrected chi connectivity index (χ3v) is 2.63. The van der Waals surface area contributed by atoms with Crippen molar-refractivity contribution in [2.24, 2.45) is 0 Å². The van der Waals surface area contributed by atoms with Gasteiger partial charge in [0.25, 0.3) is 0 Å². The summed E-state index contributed by atoms with van der Waals surface area (Å²) in [7, 11) is 0. The van der Waals surface area contributed by atoms with Gasteiger partial charge >= 0.3 is 0 Å². The van der Waals surface area contributed by atoms with Crippen molar-refractivity contribution in [1.82, 2.24) is 0 Å². The van der Waals surface area contributed by atoms with E-state index >= 15 is 0 Å². The zero-order valence-corrected chi connectivity index (χ0v) is 10.4. The van der Waals surface area contributed by atoms with Crippen LogP contribution in [0.4, 0.5) is 4.39 Å². The molecular weight excluding hydrogens is 219 g/mol. The van der Waals surface area contributed by atoms with E-state index in [2.05, 4.69) is 6.92 Å². The Bertz CT molecular complexity index is 326. The van der Waals surface area contributed by atoms with Crippen LogP contribution in [-0.4, -0.2) is 11.7 Å².